The van der Waals surface area contributed by atoms with Crippen molar-refractivity contribution < 1.29 is 13.2 Å². The molecule has 0 bridgehead atoms. The lowest BCUT2D eigenvalue weighted by atomic mass is 9.94. The van der Waals surface area contributed by atoms with E-state index in [1.807, 2.05) is 14.1 Å². The zero-order valence-corrected chi connectivity index (χ0v) is 17.7. The molecule has 1 saturated carbocycles. The zero-order chi connectivity index (χ0) is 18.9. The summed E-state index contributed by atoms with van der Waals surface area (Å²) >= 11 is 7.94. The number of rotatable bonds is 4. The van der Waals surface area contributed by atoms with Gasteiger partial charge in [0, 0.05) is 26.3 Å². The summed E-state index contributed by atoms with van der Waals surface area (Å²) < 4.78 is 29.8. The van der Waals surface area contributed by atoms with Gasteiger partial charge in [-0.2, -0.15) is 8.42 Å². The van der Waals surface area contributed by atoms with Crippen LogP contribution in [0.3, 0.4) is 0 Å². The number of halogens is 1. The second-order valence-electron chi connectivity index (χ2n) is 6.43. The van der Waals surface area contributed by atoms with Crippen LogP contribution in [0.5, 0.6) is 0 Å². The van der Waals surface area contributed by atoms with Crippen LogP contribution in [0.4, 0.5) is 0 Å². The highest BCUT2D eigenvalue weighted by Crippen LogP contribution is 2.38. The van der Waals surface area contributed by atoms with Crippen molar-refractivity contribution in [2.75, 3.05) is 14.1 Å². The SMILES string of the molecule is CN(C)C=C1SC(=NS(=O)(=O)c2ccc(Cl)s2)N(C2CCCCC2)C1=O. The van der Waals surface area contributed by atoms with E-state index >= 15 is 0 Å². The van der Waals surface area contributed by atoms with Gasteiger partial charge in [0.25, 0.3) is 15.9 Å². The molecular weight excluding hydrogens is 414 g/mol. The van der Waals surface area contributed by atoms with E-state index in [0.29, 0.717) is 9.24 Å². The first-order valence-electron chi connectivity index (χ1n) is 8.28. The maximum Gasteiger partial charge on any atom is 0.294 e. The monoisotopic (exact) mass is 433 g/mol. The fraction of sp³-hybridized carbons (Fsp3) is 0.500. The molecule has 2 aliphatic rings. The number of carbonyl (C=O) groups is 1. The number of carbonyl (C=O) groups excluding carboxylic acids is 1. The lowest BCUT2D eigenvalue weighted by molar-refractivity contribution is -0.124. The van der Waals surface area contributed by atoms with Crippen LogP contribution in [0.15, 0.2) is 31.8 Å². The van der Waals surface area contributed by atoms with Crippen LogP contribution >= 0.6 is 34.7 Å². The third-order valence-electron chi connectivity index (χ3n) is 4.15. The first-order valence-corrected chi connectivity index (χ1v) is 11.7. The molecule has 1 aliphatic heterocycles. The van der Waals surface area contributed by atoms with Gasteiger partial charge in [-0.15, -0.1) is 15.7 Å². The minimum Gasteiger partial charge on any atom is -0.382 e. The van der Waals surface area contributed by atoms with E-state index in [9.17, 15) is 13.2 Å². The summed E-state index contributed by atoms with van der Waals surface area (Å²) in [7, 11) is -0.254. The van der Waals surface area contributed by atoms with Gasteiger partial charge in [-0.05, 0) is 36.7 Å². The average Bonchev–Trinajstić information content (AvgIpc) is 3.12. The molecule has 0 spiro atoms. The quantitative estimate of drug-likeness (QED) is 0.676. The first-order chi connectivity index (χ1) is 12.3. The van der Waals surface area contributed by atoms with E-state index in [1.165, 1.54) is 12.1 Å². The molecule has 1 aliphatic carbocycles. The van der Waals surface area contributed by atoms with Crippen molar-refractivity contribution in [2.24, 2.45) is 4.40 Å². The molecule has 2 heterocycles. The number of thiophene rings is 1. The van der Waals surface area contributed by atoms with Crippen molar-refractivity contribution in [3.05, 3.63) is 27.6 Å². The van der Waals surface area contributed by atoms with Crippen molar-refractivity contribution >= 4 is 55.8 Å². The fourth-order valence-corrected chi connectivity index (χ4v) is 6.78. The predicted molar refractivity (Wildman–Crippen MR) is 107 cm³/mol. The maximum absolute atomic E-state index is 12.9. The number of hydrogen-bond donors (Lipinski definition) is 0. The average molecular weight is 434 g/mol. The van der Waals surface area contributed by atoms with E-state index < -0.39 is 10.0 Å². The summed E-state index contributed by atoms with van der Waals surface area (Å²) in [5.74, 6) is -0.172. The van der Waals surface area contributed by atoms with Crippen molar-refractivity contribution in [3.63, 3.8) is 0 Å². The molecule has 0 radical (unpaired) electrons. The molecular formula is C16H20ClN3O3S3. The van der Waals surface area contributed by atoms with Crippen LogP contribution < -0.4 is 0 Å². The molecule has 1 aromatic heterocycles. The van der Waals surface area contributed by atoms with E-state index in [2.05, 4.69) is 4.40 Å². The van der Waals surface area contributed by atoms with Crippen LogP contribution in [0.1, 0.15) is 32.1 Å². The second-order valence-corrected chi connectivity index (χ2v) is 11.0. The molecule has 1 saturated heterocycles. The van der Waals surface area contributed by atoms with Crippen LogP contribution in [0, 0.1) is 0 Å². The Bertz CT molecular complexity index is 855. The van der Waals surface area contributed by atoms with Crippen LogP contribution in [0.25, 0.3) is 0 Å². The van der Waals surface area contributed by atoms with E-state index in [1.54, 1.807) is 16.0 Å². The summed E-state index contributed by atoms with van der Waals surface area (Å²) in [5, 5.41) is 0.236. The molecule has 2 fully saturated rings. The first kappa shape index (κ1) is 19.7. The molecule has 1 amide bonds. The Labute approximate surface area is 167 Å². The van der Waals surface area contributed by atoms with Gasteiger partial charge in [0.2, 0.25) is 0 Å². The summed E-state index contributed by atoms with van der Waals surface area (Å²) in [6.45, 7) is 0. The van der Waals surface area contributed by atoms with Crippen molar-refractivity contribution in [2.45, 2.75) is 42.4 Å². The zero-order valence-electron chi connectivity index (χ0n) is 14.5. The number of sulfonamides is 1. The number of thioether (sulfide) groups is 1. The largest absolute Gasteiger partial charge is 0.382 e. The fourth-order valence-electron chi connectivity index (χ4n) is 3.02. The lowest BCUT2D eigenvalue weighted by Crippen LogP contribution is -2.40. The van der Waals surface area contributed by atoms with E-state index in [-0.39, 0.29) is 21.3 Å². The van der Waals surface area contributed by atoms with Gasteiger partial charge in [0.05, 0.1) is 9.24 Å². The standard InChI is InChI=1S/C16H20ClN3O3S3/c1-19(2)10-12-15(21)20(11-6-4-3-5-7-11)16(24-12)18-26(22,23)14-9-8-13(17)25-14/h8-11H,3-7H2,1-2H3. The summed E-state index contributed by atoms with van der Waals surface area (Å²) in [6, 6.07) is 2.97. The van der Waals surface area contributed by atoms with Crippen molar-refractivity contribution in [3.8, 4) is 0 Å². The Morgan fingerprint density at radius 3 is 2.54 bits per heavy atom. The maximum atomic E-state index is 12.9. The Balaban J connectivity index is 1.99. The third-order valence-corrected chi connectivity index (χ3v) is 8.20. The minimum absolute atomic E-state index is 0.00214. The normalized spacial score (nSPS) is 22.6. The van der Waals surface area contributed by atoms with Crippen molar-refractivity contribution in [1.82, 2.24) is 9.80 Å². The molecule has 10 heteroatoms. The smallest absolute Gasteiger partial charge is 0.294 e. The lowest BCUT2D eigenvalue weighted by Gasteiger charge is -2.30. The Hall–Kier alpha value is -1.03. The molecule has 0 N–H and O–H groups in total. The van der Waals surface area contributed by atoms with Gasteiger partial charge in [-0.25, -0.2) is 0 Å². The predicted octanol–water partition coefficient (Wildman–Crippen LogP) is 3.76. The van der Waals surface area contributed by atoms with Gasteiger partial charge < -0.3 is 4.90 Å². The summed E-state index contributed by atoms with van der Waals surface area (Å²) in [5.41, 5.74) is 0. The second kappa shape index (κ2) is 7.92. The number of hydrogen-bond acceptors (Lipinski definition) is 6. The molecule has 3 rings (SSSR count). The van der Waals surface area contributed by atoms with Gasteiger partial charge in [0.1, 0.15) is 4.21 Å². The highest BCUT2D eigenvalue weighted by molar-refractivity contribution is 8.19. The topological polar surface area (TPSA) is 70.1 Å². The number of amides is 1. The molecule has 0 unspecified atom stereocenters. The van der Waals surface area contributed by atoms with Crippen LogP contribution in [0.2, 0.25) is 4.34 Å². The van der Waals surface area contributed by atoms with Crippen molar-refractivity contribution in [1.29, 1.82) is 0 Å². The minimum atomic E-state index is -3.90. The van der Waals surface area contributed by atoms with Crippen LogP contribution in [-0.2, 0) is 14.8 Å². The van der Waals surface area contributed by atoms with Gasteiger partial charge in [-0.1, -0.05) is 30.9 Å². The van der Waals surface area contributed by atoms with E-state index in [0.717, 1.165) is 55.2 Å². The summed E-state index contributed by atoms with van der Waals surface area (Å²) in [4.78, 5) is 16.7. The number of amidine groups is 1. The number of nitrogens with zero attached hydrogens (tertiary/aromatic N) is 3. The Morgan fingerprint density at radius 2 is 1.96 bits per heavy atom. The molecule has 26 heavy (non-hydrogen) atoms. The Kier molecular flexibility index (Phi) is 6.01. The highest BCUT2D eigenvalue weighted by atomic mass is 35.5. The van der Waals surface area contributed by atoms with Gasteiger partial charge in [-0.3, -0.25) is 9.69 Å². The molecule has 6 nitrogen and oxygen atoms in total. The van der Waals surface area contributed by atoms with Gasteiger partial charge in [0.15, 0.2) is 5.17 Å². The highest BCUT2D eigenvalue weighted by Gasteiger charge is 2.40. The van der Waals surface area contributed by atoms with E-state index in [4.69, 9.17) is 11.6 Å². The summed E-state index contributed by atoms with van der Waals surface area (Å²) in [6.07, 6.45) is 6.65. The molecule has 0 aromatic carbocycles. The Morgan fingerprint density at radius 1 is 1.27 bits per heavy atom. The molecule has 1 aromatic rings. The molecule has 0 atom stereocenters. The van der Waals surface area contributed by atoms with Gasteiger partial charge >= 0.3 is 0 Å². The third kappa shape index (κ3) is 4.27. The van der Waals surface area contributed by atoms with Crippen LogP contribution in [-0.4, -0.2) is 49.4 Å². The molecule has 142 valence electrons.